The molecule has 0 aliphatic heterocycles. The van der Waals surface area contributed by atoms with Gasteiger partial charge >= 0.3 is 0 Å². The van der Waals surface area contributed by atoms with E-state index in [2.05, 4.69) is 15.0 Å². The summed E-state index contributed by atoms with van der Waals surface area (Å²) in [5.74, 6) is 1.06. The molecule has 2 aromatic heterocycles. The van der Waals surface area contributed by atoms with Crippen molar-refractivity contribution in [2.45, 2.75) is 6.42 Å². The third-order valence-electron chi connectivity index (χ3n) is 2.00. The van der Waals surface area contributed by atoms with Gasteiger partial charge in [-0.05, 0) is 6.54 Å². The van der Waals surface area contributed by atoms with Crippen molar-refractivity contribution in [2.75, 3.05) is 6.54 Å². The Morgan fingerprint density at radius 1 is 1.40 bits per heavy atom. The number of aromatic amines is 1. The molecule has 0 atom stereocenters. The maximum absolute atomic E-state index is 11.5. The molecule has 15 heavy (non-hydrogen) atoms. The first-order valence-electron chi connectivity index (χ1n) is 4.59. The van der Waals surface area contributed by atoms with Crippen LogP contribution in [0.4, 0.5) is 0 Å². The Morgan fingerprint density at radius 3 is 3.00 bits per heavy atom. The highest BCUT2D eigenvalue weighted by molar-refractivity contribution is 5.20. The number of imidazole rings is 1. The van der Waals surface area contributed by atoms with Gasteiger partial charge in [-0.15, -0.1) is 0 Å². The number of H-pyrrole nitrogens is 1. The number of nitrogens with two attached hydrogens (primary N) is 1. The molecule has 0 spiro atoms. The van der Waals surface area contributed by atoms with Gasteiger partial charge in [0.25, 0.3) is 5.56 Å². The van der Waals surface area contributed by atoms with Gasteiger partial charge in [-0.3, -0.25) is 9.36 Å². The van der Waals surface area contributed by atoms with Crippen LogP contribution in [0.2, 0.25) is 0 Å². The zero-order valence-electron chi connectivity index (χ0n) is 8.05. The second kappa shape index (κ2) is 4.05. The molecule has 78 valence electrons. The lowest BCUT2D eigenvalue weighted by Gasteiger charge is -2.03. The van der Waals surface area contributed by atoms with Gasteiger partial charge in [-0.1, -0.05) is 0 Å². The van der Waals surface area contributed by atoms with Crippen LogP contribution in [0.15, 0.2) is 29.6 Å². The molecule has 0 aliphatic carbocycles. The molecule has 0 fully saturated rings. The second-order valence-electron chi connectivity index (χ2n) is 2.99. The molecule has 6 nitrogen and oxygen atoms in total. The third kappa shape index (κ3) is 1.79. The lowest BCUT2D eigenvalue weighted by atomic mass is 10.4. The summed E-state index contributed by atoms with van der Waals surface area (Å²) >= 11 is 0. The van der Waals surface area contributed by atoms with Crippen molar-refractivity contribution in [1.82, 2.24) is 19.5 Å². The van der Waals surface area contributed by atoms with E-state index in [1.165, 1.54) is 12.4 Å². The van der Waals surface area contributed by atoms with Gasteiger partial charge in [0.05, 0.1) is 0 Å². The van der Waals surface area contributed by atoms with Crippen molar-refractivity contribution >= 4 is 0 Å². The Morgan fingerprint density at radius 2 is 2.27 bits per heavy atom. The lowest BCUT2D eigenvalue weighted by molar-refractivity contribution is 0.812. The Hall–Kier alpha value is -1.95. The van der Waals surface area contributed by atoms with Gasteiger partial charge in [0.2, 0.25) is 5.82 Å². The minimum Gasteiger partial charge on any atom is -0.330 e. The van der Waals surface area contributed by atoms with E-state index in [0.717, 1.165) is 5.82 Å². The van der Waals surface area contributed by atoms with Crippen LogP contribution in [0.5, 0.6) is 0 Å². The Kier molecular flexibility index (Phi) is 2.59. The summed E-state index contributed by atoms with van der Waals surface area (Å²) in [7, 11) is 0. The van der Waals surface area contributed by atoms with E-state index in [1.807, 2.05) is 0 Å². The maximum atomic E-state index is 11.5. The number of nitrogens with zero attached hydrogens (tertiary/aromatic N) is 3. The zero-order chi connectivity index (χ0) is 10.7. The van der Waals surface area contributed by atoms with E-state index < -0.39 is 0 Å². The van der Waals surface area contributed by atoms with Gasteiger partial charge in [0.1, 0.15) is 5.82 Å². The Balaban J connectivity index is 2.50. The molecule has 0 bridgehead atoms. The van der Waals surface area contributed by atoms with Crippen LogP contribution in [0.3, 0.4) is 0 Å². The SMILES string of the molecule is NCCc1nccn1-c1ncc[nH]c1=O. The second-order valence-corrected chi connectivity index (χ2v) is 2.99. The van der Waals surface area contributed by atoms with Gasteiger partial charge in [0, 0.05) is 31.2 Å². The average molecular weight is 205 g/mol. The third-order valence-corrected chi connectivity index (χ3v) is 2.00. The summed E-state index contributed by atoms with van der Waals surface area (Å²) in [6.45, 7) is 0.488. The molecule has 0 saturated carbocycles. The molecular weight excluding hydrogens is 194 g/mol. The lowest BCUT2D eigenvalue weighted by Crippen LogP contribution is -2.18. The fourth-order valence-corrected chi connectivity index (χ4v) is 1.36. The van der Waals surface area contributed by atoms with E-state index in [0.29, 0.717) is 18.8 Å². The molecule has 2 rings (SSSR count). The summed E-state index contributed by atoms with van der Waals surface area (Å²) in [6.07, 6.45) is 6.96. The standard InChI is InChI=1S/C9H11N5O/c10-2-1-7-11-5-6-14(7)8-9(15)13-4-3-12-8/h3-6H,1-2,10H2,(H,13,15). The van der Waals surface area contributed by atoms with Crippen molar-refractivity contribution in [3.05, 3.63) is 41.0 Å². The first kappa shape index (κ1) is 9.60. The molecule has 0 unspecified atom stereocenters. The predicted molar refractivity (Wildman–Crippen MR) is 54.7 cm³/mol. The first-order chi connectivity index (χ1) is 7.33. The van der Waals surface area contributed by atoms with Crippen LogP contribution >= 0.6 is 0 Å². The fraction of sp³-hybridized carbons (Fsp3) is 0.222. The molecule has 2 heterocycles. The number of hydrogen-bond donors (Lipinski definition) is 2. The highest BCUT2D eigenvalue weighted by Gasteiger charge is 2.07. The summed E-state index contributed by atoms with van der Waals surface area (Å²) in [6, 6.07) is 0. The predicted octanol–water partition coefficient (Wildman–Crippen LogP) is -0.543. The van der Waals surface area contributed by atoms with Crippen molar-refractivity contribution < 1.29 is 0 Å². The largest absolute Gasteiger partial charge is 0.330 e. The van der Waals surface area contributed by atoms with E-state index in [9.17, 15) is 4.79 Å². The quantitative estimate of drug-likeness (QED) is 0.704. The first-order valence-corrected chi connectivity index (χ1v) is 4.59. The van der Waals surface area contributed by atoms with Crippen LogP contribution in [0, 0.1) is 0 Å². The van der Waals surface area contributed by atoms with Crippen LogP contribution in [0.25, 0.3) is 5.82 Å². The molecule has 2 aromatic rings. The van der Waals surface area contributed by atoms with E-state index in [4.69, 9.17) is 5.73 Å². The minimum absolute atomic E-state index is 0.242. The molecular formula is C9H11N5O. The molecule has 6 heteroatoms. The zero-order valence-corrected chi connectivity index (χ0v) is 8.05. The summed E-state index contributed by atoms with van der Waals surface area (Å²) < 4.78 is 1.64. The molecule has 0 aliphatic rings. The van der Waals surface area contributed by atoms with Crippen molar-refractivity contribution in [3.8, 4) is 5.82 Å². The summed E-state index contributed by atoms with van der Waals surface area (Å²) in [5, 5.41) is 0. The number of rotatable bonds is 3. The van der Waals surface area contributed by atoms with E-state index in [1.54, 1.807) is 17.0 Å². The number of nitrogens with one attached hydrogen (secondary N) is 1. The van der Waals surface area contributed by atoms with Crippen LogP contribution in [-0.4, -0.2) is 26.1 Å². The Labute approximate surface area is 85.8 Å². The molecule has 0 saturated heterocycles. The number of aromatic nitrogens is 4. The monoisotopic (exact) mass is 205 g/mol. The van der Waals surface area contributed by atoms with Gasteiger partial charge in [-0.2, -0.15) is 0 Å². The van der Waals surface area contributed by atoms with Crippen molar-refractivity contribution in [3.63, 3.8) is 0 Å². The normalized spacial score (nSPS) is 10.5. The Bertz CT molecular complexity index is 501. The minimum atomic E-state index is -0.242. The highest BCUT2D eigenvalue weighted by Crippen LogP contribution is 2.02. The molecule has 0 amide bonds. The smallest absolute Gasteiger partial charge is 0.291 e. The van der Waals surface area contributed by atoms with E-state index >= 15 is 0 Å². The van der Waals surface area contributed by atoms with Crippen molar-refractivity contribution in [1.29, 1.82) is 0 Å². The maximum Gasteiger partial charge on any atom is 0.291 e. The number of hydrogen-bond acceptors (Lipinski definition) is 4. The van der Waals surface area contributed by atoms with Gasteiger partial charge in [-0.25, -0.2) is 9.97 Å². The van der Waals surface area contributed by atoms with Gasteiger partial charge in [0.15, 0.2) is 0 Å². The summed E-state index contributed by atoms with van der Waals surface area (Å²) in [5.41, 5.74) is 5.20. The van der Waals surface area contributed by atoms with Crippen LogP contribution in [0.1, 0.15) is 5.82 Å². The summed E-state index contributed by atoms with van der Waals surface area (Å²) in [4.78, 5) is 22.2. The van der Waals surface area contributed by atoms with Crippen LogP contribution < -0.4 is 11.3 Å². The molecule has 0 aromatic carbocycles. The molecule has 3 N–H and O–H groups in total. The van der Waals surface area contributed by atoms with E-state index in [-0.39, 0.29) is 5.56 Å². The fourth-order valence-electron chi connectivity index (χ4n) is 1.36. The average Bonchev–Trinajstić information content (AvgIpc) is 2.67. The highest BCUT2D eigenvalue weighted by atomic mass is 16.1. The van der Waals surface area contributed by atoms with Gasteiger partial charge < -0.3 is 10.7 Å². The topological polar surface area (TPSA) is 89.6 Å². The van der Waals surface area contributed by atoms with Crippen LogP contribution in [-0.2, 0) is 6.42 Å². The molecule has 0 radical (unpaired) electrons. The van der Waals surface area contributed by atoms with Crippen molar-refractivity contribution in [2.24, 2.45) is 5.73 Å².